The van der Waals surface area contributed by atoms with Gasteiger partial charge in [0.25, 0.3) is 5.91 Å². The molecule has 1 atom stereocenters. The van der Waals surface area contributed by atoms with E-state index < -0.39 is 17.9 Å². The van der Waals surface area contributed by atoms with E-state index >= 15 is 0 Å². The number of hydrogen-bond acceptors (Lipinski definition) is 4. The van der Waals surface area contributed by atoms with E-state index in [1.165, 1.54) is 18.0 Å². The van der Waals surface area contributed by atoms with Gasteiger partial charge in [-0.2, -0.15) is 11.8 Å². The maximum atomic E-state index is 11.9. The Labute approximate surface area is 117 Å². The number of hydrogen-bond donors (Lipinski definition) is 2. The van der Waals surface area contributed by atoms with E-state index in [1.807, 2.05) is 6.26 Å². The summed E-state index contributed by atoms with van der Waals surface area (Å²) in [5.41, 5.74) is 0.188. The molecular weight excluding hydrogens is 320 g/mol. The molecule has 18 heavy (non-hydrogen) atoms. The summed E-state index contributed by atoms with van der Waals surface area (Å²) >= 11 is 4.74. The number of carbonyl (C=O) groups is 2. The van der Waals surface area contributed by atoms with Gasteiger partial charge in [0.15, 0.2) is 0 Å². The molecule has 0 spiro atoms. The van der Waals surface area contributed by atoms with Gasteiger partial charge in [-0.1, -0.05) is 0 Å². The van der Waals surface area contributed by atoms with Crippen molar-refractivity contribution in [1.29, 1.82) is 0 Å². The van der Waals surface area contributed by atoms with Crippen LogP contribution in [0, 0.1) is 0 Å². The van der Waals surface area contributed by atoms with Gasteiger partial charge >= 0.3 is 5.97 Å². The lowest BCUT2D eigenvalue weighted by Crippen LogP contribution is -2.41. The zero-order chi connectivity index (χ0) is 13.5. The highest BCUT2D eigenvalue weighted by Crippen LogP contribution is 2.13. The normalized spacial score (nSPS) is 11.9. The highest BCUT2D eigenvalue weighted by molar-refractivity contribution is 9.10. The summed E-state index contributed by atoms with van der Waals surface area (Å²) < 4.78 is 0.538. The Morgan fingerprint density at radius 3 is 2.89 bits per heavy atom. The highest BCUT2D eigenvalue weighted by Gasteiger charge is 2.21. The predicted octanol–water partition coefficient (Wildman–Crippen LogP) is 1.78. The van der Waals surface area contributed by atoms with E-state index in [0.717, 1.165) is 0 Å². The summed E-state index contributed by atoms with van der Waals surface area (Å²) in [4.78, 5) is 26.8. The van der Waals surface area contributed by atoms with Crippen LogP contribution < -0.4 is 5.32 Å². The molecule has 0 fully saturated rings. The van der Waals surface area contributed by atoms with E-state index in [4.69, 9.17) is 5.11 Å². The molecule has 0 bridgehead atoms. The predicted molar refractivity (Wildman–Crippen MR) is 73.8 cm³/mol. The molecule has 5 nitrogen and oxygen atoms in total. The van der Waals surface area contributed by atoms with Crippen LogP contribution in [0.3, 0.4) is 0 Å². The minimum atomic E-state index is -1.04. The second-order valence-corrected chi connectivity index (χ2v) is 5.32. The van der Waals surface area contributed by atoms with E-state index in [2.05, 4.69) is 26.2 Å². The minimum absolute atomic E-state index is 0.188. The van der Waals surface area contributed by atoms with Crippen LogP contribution in [-0.2, 0) is 4.79 Å². The van der Waals surface area contributed by atoms with Gasteiger partial charge in [-0.15, -0.1) is 0 Å². The molecular formula is C11H13BrN2O3S. The number of carbonyl (C=O) groups excluding carboxylic acids is 1. The number of aromatic nitrogens is 1. The molecule has 1 heterocycles. The van der Waals surface area contributed by atoms with E-state index in [0.29, 0.717) is 16.6 Å². The van der Waals surface area contributed by atoms with Gasteiger partial charge < -0.3 is 10.4 Å². The molecule has 0 saturated heterocycles. The first-order chi connectivity index (χ1) is 8.56. The number of aliphatic carboxylic acids is 1. The molecule has 2 N–H and O–H groups in total. The third kappa shape index (κ3) is 4.30. The zero-order valence-corrected chi connectivity index (χ0v) is 12.1. The van der Waals surface area contributed by atoms with Crippen LogP contribution in [0.25, 0.3) is 0 Å². The van der Waals surface area contributed by atoms with Crippen molar-refractivity contribution < 1.29 is 14.7 Å². The Morgan fingerprint density at radius 1 is 1.61 bits per heavy atom. The molecule has 1 aromatic heterocycles. The average Bonchev–Trinajstić information content (AvgIpc) is 2.34. The second-order valence-electron chi connectivity index (χ2n) is 3.48. The van der Waals surface area contributed by atoms with Gasteiger partial charge in [0.05, 0.1) is 0 Å². The van der Waals surface area contributed by atoms with Crippen LogP contribution in [0.2, 0.25) is 0 Å². The van der Waals surface area contributed by atoms with Crippen molar-refractivity contribution in [2.75, 3.05) is 12.0 Å². The molecule has 0 aliphatic rings. The van der Waals surface area contributed by atoms with E-state index in [1.54, 1.807) is 12.1 Å². The van der Waals surface area contributed by atoms with Crippen molar-refractivity contribution in [3.05, 3.63) is 28.5 Å². The number of thioether (sulfide) groups is 1. The quantitative estimate of drug-likeness (QED) is 0.830. The van der Waals surface area contributed by atoms with Crippen LogP contribution in [0.4, 0.5) is 0 Å². The van der Waals surface area contributed by atoms with Crippen molar-refractivity contribution >= 4 is 39.6 Å². The molecule has 0 aliphatic heterocycles. The largest absolute Gasteiger partial charge is 0.480 e. The average molecular weight is 333 g/mol. The Bertz CT molecular complexity index is 442. The van der Waals surface area contributed by atoms with Crippen molar-refractivity contribution in [3.63, 3.8) is 0 Å². The van der Waals surface area contributed by atoms with Gasteiger partial charge in [-0.05, 0) is 46.5 Å². The molecule has 98 valence electrons. The van der Waals surface area contributed by atoms with Crippen LogP contribution in [0.5, 0.6) is 0 Å². The lowest BCUT2D eigenvalue weighted by atomic mass is 10.2. The number of carboxylic acid groups (broad SMARTS) is 1. The molecule has 0 aliphatic carbocycles. The monoisotopic (exact) mass is 332 g/mol. The van der Waals surface area contributed by atoms with Gasteiger partial charge in [0.2, 0.25) is 0 Å². The topological polar surface area (TPSA) is 79.3 Å². The molecule has 1 aromatic rings. The number of amides is 1. The molecule has 0 aromatic carbocycles. The maximum Gasteiger partial charge on any atom is 0.326 e. The molecule has 1 amide bonds. The molecule has 7 heteroatoms. The fraction of sp³-hybridized carbons (Fsp3) is 0.364. The van der Waals surface area contributed by atoms with Crippen molar-refractivity contribution in [3.8, 4) is 0 Å². The lowest BCUT2D eigenvalue weighted by molar-refractivity contribution is -0.139. The fourth-order valence-corrected chi connectivity index (χ4v) is 2.18. The first-order valence-corrected chi connectivity index (χ1v) is 7.38. The van der Waals surface area contributed by atoms with Crippen LogP contribution in [-0.4, -0.2) is 40.0 Å². The minimum Gasteiger partial charge on any atom is -0.480 e. The Hall–Kier alpha value is -1.08. The molecule has 0 saturated carbocycles. The van der Waals surface area contributed by atoms with Gasteiger partial charge in [-0.3, -0.25) is 4.79 Å². The number of rotatable bonds is 6. The van der Waals surface area contributed by atoms with E-state index in [9.17, 15) is 9.59 Å². The number of pyridine rings is 1. The Balaban J connectivity index is 2.72. The van der Waals surface area contributed by atoms with Crippen LogP contribution >= 0.6 is 27.7 Å². The maximum absolute atomic E-state index is 11.9. The number of nitrogens with one attached hydrogen (secondary N) is 1. The van der Waals surface area contributed by atoms with Crippen molar-refractivity contribution in [2.24, 2.45) is 0 Å². The molecule has 1 rings (SSSR count). The number of halogens is 1. The van der Waals surface area contributed by atoms with Gasteiger partial charge in [0, 0.05) is 10.7 Å². The first-order valence-electron chi connectivity index (χ1n) is 5.19. The highest BCUT2D eigenvalue weighted by atomic mass is 79.9. The van der Waals surface area contributed by atoms with Gasteiger partial charge in [-0.25, -0.2) is 9.78 Å². The third-order valence-electron chi connectivity index (χ3n) is 2.19. The molecule has 1 unspecified atom stereocenters. The van der Waals surface area contributed by atoms with Crippen molar-refractivity contribution in [1.82, 2.24) is 10.3 Å². The first kappa shape index (κ1) is 15.0. The summed E-state index contributed by atoms with van der Waals surface area (Å²) in [7, 11) is 0. The second kappa shape index (κ2) is 7.38. The Morgan fingerprint density at radius 2 is 2.33 bits per heavy atom. The summed E-state index contributed by atoms with van der Waals surface area (Å²) in [5, 5.41) is 11.5. The molecule has 0 radical (unpaired) electrons. The third-order valence-corrected chi connectivity index (χ3v) is 3.47. The number of carboxylic acids is 1. The standard InChI is InChI=1S/C11H13BrN2O3S/c1-18-6-4-8(11(16)17)14-10(15)9-7(12)3-2-5-13-9/h2-3,5,8H,4,6H2,1H3,(H,14,15)(H,16,17). The smallest absolute Gasteiger partial charge is 0.326 e. The van der Waals surface area contributed by atoms with E-state index in [-0.39, 0.29) is 5.69 Å². The van der Waals surface area contributed by atoms with Crippen LogP contribution in [0.15, 0.2) is 22.8 Å². The van der Waals surface area contributed by atoms with Crippen LogP contribution in [0.1, 0.15) is 16.9 Å². The summed E-state index contributed by atoms with van der Waals surface area (Å²) in [6, 6.07) is 2.47. The SMILES string of the molecule is CSCCC(NC(=O)c1ncccc1Br)C(=O)O. The Kier molecular flexibility index (Phi) is 6.14. The fourth-order valence-electron chi connectivity index (χ4n) is 1.27. The number of nitrogens with zero attached hydrogens (tertiary/aromatic N) is 1. The van der Waals surface area contributed by atoms with Crippen molar-refractivity contribution in [2.45, 2.75) is 12.5 Å². The zero-order valence-electron chi connectivity index (χ0n) is 9.72. The summed E-state index contributed by atoms with van der Waals surface area (Å²) in [6.07, 6.45) is 3.75. The van der Waals surface area contributed by atoms with Gasteiger partial charge in [0.1, 0.15) is 11.7 Å². The summed E-state index contributed by atoms with van der Waals surface area (Å²) in [6.45, 7) is 0. The lowest BCUT2D eigenvalue weighted by Gasteiger charge is -2.13. The summed E-state index contributed by atoms with van der Waals surface area (Å²) in [5.74, 6) is -0.860.